The minimum atomic E-state index is 0.0798. The van der Waals surface area contributed by atoms with Crippen LogP contribution in [-0.2, 0) is 3.42 Å². The zero-order valence-corrected chi connectivity index (χ0v) is 8.73. The van der Waals surface area contributed by atoms with E-state index in [1.165, 1.54) is 11.5 Å². The summed E-state index contributed by atoms with van der Waals surface area (Å²) in [6, 6.07) is 1.71. The molecule has 0 amide bonds. The van der Waals surface area contributed by atoms with Crippen LogP contribution in [0.1, 0.15) is 18.7 Å². The number of alkyl halides is 1. The highest BCUT2D eigenvalue weighted by Gasteiger charge is 2.18. The highest BCUT2D eigenvalue weighted by Crippen LogP contribution is 2.34. The molecule has 2 nitrogen and oxygen atoms in total. The number of halogens is 1. The van der Waals surface area contributed by atoms with E-state index in [9.17, 15) is 0 Å². The number of aromatic hydroxyl groups is 1. The van der Waals surface area contributed by atoms with Gasteiger partial charge in [0.25, 0.3) is 0 Å². The fraction of sp³-hybridized carbons (Fsp3) is 0.500. The Labute approximate surface area is 77.6 Å². The molecule has 0 spiro atoms. The van der Waals surface area contributed by atoms with Gasteiger partial charge >= 0.3 is 0 Å². The van der Waals surface area contributed by atoms with Gasteiger partial charge in [-0.15, -0.1) is 0 Å². The predicted molar refractivity (Wildman–Crippen MR) is 50.8 cm³/mol. The molecule has 10 heavy (non-hydrogen) atoms. The van der Waals surface area contributed by atoms with Crippen molar-refractivity contribution in [2.75, 3.05) is 0 Å². The predicted octanol–water partition coefficient (Wildman–Crippen LogP) is 2.52. The Balaban J connectivity index is 2.96. The van der Waals surface area contributed by atoms with E-state index in [4.69, 9.17) is 5.11 Å². The fourth-order valence-corrected chi connectivity index (χ4v) is 1.62. The zero-order chi connectivity index (χ0) is 7.78. The molecule has 1 aromatic heterocycles. The second kappa shape index (κ2) is 2.65. The normalized spacial score (nSPS) is 11.9. The van der Waals surface area contributed by atoms with Crippen LogP contribution in [0.2, 0.25) is 0 Å². The Morgan fingerprint density at radius 1 is 1.70 bits per heavy atom. The molecule has 0 saturated heterocycles. The molecule has 0 radical (unpaired) electrons. The van der Waals surface area contributed by atoms with Gasteiger partial charge in [-0.2, -0.15) is 4.37 Å². The third-order valence-electron chi connectivity index (χ3n) is 1.08. The summed E-state index contributed by atoms with van der Waals surface area (Å²) in [5.74, 6) is 0.129. The van der Waals surface area contributed by atoms with Gasteiger partial charge in [0, 0.05) is 10.9 Å². The van der Waals surface area contributed by atoms with Crippen LogP contribution >= 0.6 is 34.1 Å². The summed E-state index contributed by atoms with van der Waals surface area (Å²) >= 11 is 3.66. The van der Waals surface area contributed by atoms with Crippen molar-refractivity contribution in [3.63, 3.8) is 0 Å². The van der Waals surface area contributed by atoms with E-state index in [2.05, 4.69) is 40.8 Å². The molecule has 4 heteroatoms. The first-order chi connectivity index (χ1) is 4.50. The molecule has 1 N–H and O–H groups in total. The second-order valence-corrected chi connectivity index (χ2v) is 6.02. The average Bonchev–Trinajstić information content (AvgIpc) is 2.11. The van der Waals surface area contributed by atoms with Gasteiger partial charge in [0.15, 0.2) is 0 Å². The van der Waals surface area contributed by atoms with Gasteiger partial charge in [0.1, 0.15) is 0 Å². The quantitative estimate of drug-likeness (QED) is 0.627. The first kappa shape index (κ1) is 8.26. The second-order valence-electron chi connectivity index (χ2n) is 2.52. The molecule has 0 fully saturated rings. The fourth-order valence-electron chi connectivity index (χ4n) is 0.546. The van der Waals surface area contributed by atoms with Crippen molar-refractivity contribution in [2.45, 2.75) is 17.3 Å². The summed E-state index contributed by atoms with van der Waals surface area (Å²) in [5, 5.41) is 8.91. The largest absolute Gasteiger partial charge is 0.493 e. The standard InChI is InChI=1S/C6H8INOS/c1-6(2,7)4-3-5(9)8-10-4/h3H,1-2H3,(H,8,9). The Kier molecular flexibility index (Phi) is 2.19. The number of hydrogen-bond donors (Lipinski definition) is 1. The molecule has 56 valence electrons. The molecule has 0 aliphatic carbocycles. The highest BCUT2D eigenvalue weighted by atomic mass is 127. The van der Waals surface area contributed by atoms with Gasteiger partial charge in [-0.1, -0.05) is 22.6 Å². The summed E-state index contributed by atoms with van der Waals surface area (Å²) in [4.78, 5) is 1.10. The summed E-state index contributed by atoms with van der Waals surface area (Å²) in [6.45, 7) is 4.17. The van der Waals surface area contributed by atoms with Crippen molar-refractivity contribution in [3.05, 3.63) is 10.9 Å². The van der Waals surface area contributed by atoms with E-state index in [0.29, 0.717) is 0 Å². The molecule has 0 unspecified atom stereocenters. The van der Waals surface area contributed by atoms with Crippen molar-refractivity contribution < 1.29 is 5.11 Å². The minimum Gasteiger partial charge on any atom is -0.493 e. The van der Waals surface area contributed by atoms with Crippen molar-refractivity contribution in [1.29, 1.82) is 0 Å². The van der Waals surface area contributed by atoms with Crippen molar-refractivity contribution in [2.24, 2.45) is 0 Å². The maximum atomic E-state index is 8.91. The lowest BCUT2D eigenvalue weighted by Crippen LogP contribution is -2.02. The van der Waals surface area contributed by atoms with Gasteiger partial charge in [0.05, 0.1) is 3.42 Å². The first-order valence-corrected chi connectivity index (χ1v) is 4.70. The lowest BCUT2D eigenvalue weighted by molar-refractivity contribution is 0.459. The van der Waals surface area contributed by atoms with Crippen LogP contribution in [0.3, 0.4) is 0 Å². The summed E-state index contributed by atoms with van der Waals surface area (Å²) in [6.07, 6.45) is 0. The Morgan fingerprint density at radius 2 is 2.30 bits per heavy atom. The van der Waals surface area contributed by atoms with Crippen LogP contribution in [0.15, 0.2) is 6.07 Å². The first-order valence-electron chi connectivity index (χ1n) is 2.85. The third kappa shape index (κ3) is 1.82. The van der Waals surface area contributed by atoms with E-state index in [-0.39, 0.29) is 9.30 Å². The highest BCUT2D eigenvalue weighted by molar-refractivity contribution is 14.1. The molecule has 0 bridgehead atoms. The van der Waals surface area contributed by atoms with E-state index in [0.717, 1.165) is 4.88 Å². The number of aromatic nitrogens is 1. The lowest BCUT2D eigenvalue weighted by atomic mass is 10.2. The van der Waals surface area contributed by atoms with Crippen LogP contribution < -0.4 is 0 Å². The van der Waals surface area contributed by atoms with Crippen LogP contribution in [0.4, 0.5) is 0 Å². The maximum absolute atomic E-state index is 8.91. The monoisotopic (exact) mass is 269 g/mol. The van der Waals surface area contributed by atoms with Crippen LogP contribution in [-0.4, -0.2) is 9.48 Å². The number of nitrogens with zero attached hydrogens (tertiary/aromatic N) is 1. The SMILES string of the molecule is CC(C)(I)c1cc(O)ns1. The Morgan fingerprint density at radius 3 is 2.50 bits per heavy atom. The summed E-state index contributed by atoms with van der Waals surface area (Å²) in [5.41, 5.74) is 0. The van der Waals surface area contributed by atoms with Gasteiger partial charge < -0.3 is 5.11 Å². The summed E-state index contributed by atoms with van der Waals surface area (Å²) < 4.78 is 3.86. The molecule has 0 aliphatic rings. The summed E-state index contributed by atoms with van der Waals surface area (Å²) in [7, 11) is 0. The van der Waals surface area contributed by atoms with Gasteiger partial charge in [-0.05, 0) is 25.4 Å². The van der Waals surface area contributed by atoms with Crippen molar-refractivity contribution in [1.82, 2.24) is 4.37 Å². The maximum Gasteiger partial charge on any atom is 0.222 e. The third-order valence-corrected chi connectivity index (χ3v) is 3.13. The zero-order valence-electron chi connectivity index (χ0n) is 5.76. The van der Waals surface area contributed by atoms with Crippen molar-refractivity contribution >= 4 is 34.1 Å². The smallest absolute Gasteiger partial charge is 0.222 e. The topological polar surface area (TPSA) is 33.1 Å². The molecule has 0 aromatic carbocycles. The van der Waals surface area contributed by atoms with Crippen LogP contribution in [0, 0.1) is 0 Å². The number of hydrogen-bond acceptors (Lipinski definition) is 3. The Bertz CT molecular complexity index is 228. The number of rotatable bonds is 1. The van der Waals surface area contributed by atoms with Gasteiger partial charge in [-0.25, -0.2) is 0 Å². The lowest BCUT2D eigenvalue weighted by Gasteiger charge is -2.11. The molecule has 0 saturated carbocycles. The van der Waals surface area contributed by atoms with Crippen LogP contribution in [0.5, 0.6) is 5.88 Å². The molecular weight excluding hydrogens is 261 g/mol. The molecule has 1 heterocycles. The molecule has 1 rings (SSSR count). The average molecular weight is 269 g/mol. The molecule has 1 aromatic rings. The van der Waals surface area contributed by atoms with Crippen molar-refractivity contribution in [3.8, 4) is 5.88 Å². The van der Waals surface area contributed by atoms with Gasteiger partial charge in [0.2, 0.25) is 5.88 Å². The minimum absolute atomic E-state index is 0.0798. The molecule has 0 atom stereocenters. The molecular formula is C6H8INOS. The Hall–Kier alpha value is 0.160. The van der Waals surface area contributed by atoms with E-state index in [1.54, 1.807) is 6.07 Å². The van der Waals surface area contributed by atoms with Gasteiger partial charge in [-0.3, -0.25) is 0 Å². The van der Waals surface area contributed by atoms with E-state index < -0.39 is 0 Å². The van der Waals surface area contributed by atoms with E-state index >= 15 is 0 Å². The molecule has 0 aliphatic heterocycles. The van der Waals surface area contributed by atoms with Crippen LogP contribution in [0.25, 0.3) is 0 Å². The van der Waals surface area contributed by atoms with E-state index in [1.807, 2.05) is 0 Å².